The molecular weight excluding hydrogens is 410 g/mol. The molecule has 0 saturated carbocycles. The fraction of sp³-hybridized carbons (Fsp3) is 1.00. The van der Waals surface area contributed by atoms with Crippen LogP contribution in [0.1, 0.15) is 21.7 Å². The number of rotatable bonds is 7. The molecule has 0 unspecified atom stereocenters. The molecule has 0 amide bonds. The summed E-state index contributed by atoms with van der Waals surface area (Å²) in [4.78, 5) is 10.8. The molecule has 1 saturated heterocycles. The maximum absolute atomic E-state index is 8.39. The van der Waals surface area contributed by atoms with Crippen LogP contribution in [0.3, 0.4) is 0 Å². The van der Waals surface area contributed by atoms with Gasteiger partial charge in [0.2, 0.25) is 0 Å². The maximum atomic E-state index is 8.39. The van der Waals surface area contributed by atoms with Gasteiger partial charge in [0.15, 0.2) is 17.4 Å². The predicted octanol–water partition coefficient (Wildman–Crippen LogP) is -7.07. The molecule has 12 nitrogen and oxygen atoms in total. The van der Waals surface area contributed by atoms with Crippen LogP contribution in [0.5, 0.6) is 0 Å². The molecule has 0 bridgehead atoms. The Balaban J connectivity index is -0.0000000209. The molecule has 3 radical (unpaired) electrons. The van der Waals surface area contributed by atoms with Crippen LogP contribution in [-0.2, 0) is 35.1 Å². The average molecular weight is 447 g/mol. The molecule has 0 aromatic carbocycles. The Labute approximate surface area is 219 Å². The summed E-state index contributed by atoms with van der Waals surface area (Å²) in [5, 5.41) is 9.75. The molecule has 1 aliphatic rings. The van der Waals surface area contributed by atoms with Crippen LogP contribution in [0.15, 0.2) is 5.34 Å². The Hall–Kier alpha value is 1.43. The molecule has 1 heterocycles. The Bertz CT molecular complexity index is 208. The standard InChI is InChI=1S/C4H8O.C3H9BO3.3CH3O.CH4.2Al.B.2Li.HNO3.H3N.4H/c1-2-4-5-3-1;1-5-4(6-2)7-3;3*1-2;;;;;;;2-1-4-3;;;;;/h1-4H2;1-3H3;3*1H3;1H4;;;;;;3H;1H3;;;;/q;;3*-1;;;+3;;2*+1;;;;;;-1/p-1. The first kappa shape index (κ1) is 57.4. The largest absolute Gasteiger partial charge is 1.00 e. The second kappa shape index (κ2) is 57.0. The third-order valence-electron chi connectivity index (χ3n) is 2.01. The third-order valence-corrected chi connectivity index (χ3v) is 3.17. The van der Waals surface area contributed by atoms with Gasteiger partial charge in [0.05, 0.1) is 0 Å². The predicted molar refractivity (Wildman–Crippen MR) is 109 cm³/mol. The SMILES string of the molecule is C.C1CCOC1.COB(OC)OC.C[O][Al]([O]C)[O]C.N.O=NO[O-].[AlH3].[B].[H-].[Li+].[Li+]. The van der Waals surface area contributed by atoms with E-state index >= 15 is 0 Å². The van der Waals surface area contributed by atoms with Crippen LogP contribution in [0.4, 0.5) is 0 Å². The van der Waals surface area contributed by atoms with Gasteiger partial charge in [0.1, 0.15) is 5.34 Å². The summed E-state index contributed by atoms with van der Waals surface area (Å²) in [5.74, 6) is 0. The minimum Gasteiger partial charge on any atom is -1.00 e. The minimum absolute atomic E-state index is 0. The first-order chi connectivity index (χ1) is 11.1. The third kappa shape index (κ3) is 58.7. The summed E-state index contributed by atoms with van der Waals surface area (Å²) in [7, 11) is 8.74. The Morgan fingerprint density at radius 2 is 1.21 bits per heavy atom. The zero-order chi connectivity index (χ0) is 18.3. The van der Waals surface area contributed by atoms with E-state index < -0.39 is 22.5 Å². The van der Waals surface area contributed by atoms with Crippen molar-refractivity contribution in [1.29, 1.82) is 0 Å². The number of ether oxygens (including phenoxy) is 1. The van der Waals surface area contributed by atoms with Crippen LogP contribution in [0.25, 0.3) is 0 Å². The van der Waals surface area contributed by atoms with Crippen molar-refractivity contribution in [1.82, 2.24) is 6.15 Å². The van der Waals surface area contributed by atoms with E-state index in [9.17, 15) is 0 Å². The maximum Gasteiger partial charge on any atom is 1.00 e. The molecule has 1 fully saturated rings. The quantitative estimate of drug-likeness (QED) is 0.171. The van der Waals surface area contributed by atoms with E-state index in [4.69, 9.17) is 26.3 Å². The molecule has 18 heteroatoms. The number of hydrogen-bond acceptors (Lipinski definition) is 12. The van der Waals surface area contributed by atoms with Crippen LogP contribution >= 0.6 is 0 Å². The Morgan fingerprint density at radius 3 is 1.24 bits per heavy atom. The summed E-state index contributed by atoms with van der Waals surface area (Å²) < 4.78 is 33.0. The van der Waals surface area contributed by atoms with Gasteiger partial charge in [-0.05, 0) is 12.8 Å². The van der Waals surface area contributed by atoms with E-state index in [0.29, 0.717) is 0 Å². The first-order valence-corrected chi connectivity index (χ1v) is 7.89. The summed E-state index contributed by atoms with van der Waals surface area (Å²) in [6.45, 7) is 2.00. The van der Waals surface area contributed by atoms with Gasteiger partial charge in [-0.3, -0.25) is 0 Å². The van der Waals surface area contributed by atoms with E-state index in [1.165, 1.54) is 39.5 Å². The second-order valence-electron chi connectivity index (χ2n) is 3.46. The van der Waals surface area contributed by atoms with Crippen molar-refractivity contribution < 1.29 is 79.5 Å². The number of hydrogen-bond donors (Lipinski definition) is 1. The monoisotopic (exact) mass is 447 g/mol. The average Bonchev–Trinajstić information content (AvgIpc) is 3.19. The molecule has 3 N–H and O–H groups in total. The van der Waals surface area contributed by atoms with Gasteiger partial charge in [-0.25, -0.2) is 0 Å². The Morgan fingerprint density at radius 1 is 0.931 bits per heavy atom. The van der Waals surface area contributed by atoms with Gasteiger partial charge in [0, 0.05) is 64.3 Å². The summed E-state index contributed by atoms with van der Waals surface area (Å²) in [6, 6.07) is 0. The zero-order valence-corrected chi connectivity index (χ0v) is 19.0. The fourth-order valence-electron chi connectivity index (χ4n) is 1.09. The smallest absolute Gasteiger partial charge is 1.00 e. The fourth-order valence-corrected chi connectivity index (χ4v) is 1.67. The van der Waals surface area contributed by atoms with Crippen molar-refractivity contribution in [3.8, 4) is 0 Å². The summed E-state index contributed by atoms with van der Waals surface area (Å²) in [6.07, 6.45) is 2.56. The van der Waals surface area contributed by atoms with Gasteiger partial charge >= 0.3 is 60.2 Å². The second-order valence-corrected chi connectivity index (χ2v) is 5.45. The van der Waals surface area contributed by atoms with Crippen molar-refractivity contribution in [2.75, 3.05) is 55.9 Å². The van der Waals surface area contributed by atoms with Crippen LogP contribution in [0.2, 0.25) is 0 Å². The van der Waals surface area contributed by atoms with Crippen molar-refractivity contribution in [2.45, 2.75) is 20.3 Å². The van der Waals surface area contributed by atoms with Gasteiger partial charge in [-0.1, -0.05) is 7.43 Å². The number of nitrogens with zero attached hydrogens (tertiary/aromatic N) is 1. The molecular formula is C11H37Al2B2Li2N2O10. The first-order valence-electron chi connectivity index (χ1n) is 6.47. The summed E-state index contributed by atoms with van der Waals surface area (Å²) in [5.41, 5.74) is 0. The molecule has 165 valence electrons. The molecule has 0 aromatic heterocycles. The molecule has 0 aliphatic carbocycles. The van der Waals surface area contributed by atoms with Gasteiger partial charge in [-0.2, -0.15) is 0 Å². The van der Waals surface area contributed by atoms with E-state index in [1.807, 2.05) is 0 Å². The van der Waals surface area contributed by atoms with E-state index in [-0.39, 0.29) is 78.5 Å². The van der Waals surface area contributed by atoms with Gasteiger partial charge < -0.3 is 47.9 Å². The molecule has 1 aliphatic heterocycles. The van der Waals surface area contributed by atoms with Crippen LogP contribution in [0, 0.1) is 4.91 Å². The van der Waals surface area contributed by atoms with Gasteiger partial charge in [-0.15, -0.1) is 4.91 Å². The van der Waals surface area contributed by atoms with Crippen LogP contribution in [-0.4, -0.2) is 104 Å². The normalized spacial score (nSPS) is 9.21. The molecule has 0 atom stereocenters. The van der Waals surface area contributed by atoms with Gasteiger partial charge in [0.25, 0.3) is 0 Å². The van der Waals surface area contributed by atoms with E-state index in [1.54, 1.807) is 21.3 Å². The van der Waals surface area contributed by atoms with Crippen molar-refractivity contribution in [2.24, 2.45) is 5.34 Å². The zero-order valence-electron chi connectivity index (χ0n) is 18.8. The molecule has 1 rings (SSSR count). The molecule has 0 aromatic rings. The summed E-state index contributed by atoms with van der Waals surface area (Å²) >= 11 is -1.67. The molecule has 0 spiro atoms. The van der Waals surface area contributed by atoms with Crippen molar-refractivity contribution in [3.05, 3.63) is 4.91 Å². The van der Waals surface area contributed by atoms with Crippen molar-refractivity contribution >= 4 is 48.2 Å². The topological polar surface area (TPSA) is 161 Å². The van der Waals surface area contributed by atoms with E-state index in [2.05, 4.69) is 19.0 Å². The molecule has 29 heavy (non-hydrogen) atoms. The van der Waals surface area contributed by atoms with Crippen molar-refractivity contribution in [3.63, 3.8) is 0 Å². The minimum atomic E-state index is -1.67. The van der Waals surface area contributed by atoms with Crippen LogP contribution < -0.4 is 49.1 Å². The van der Waals surface area contributed by atoms with E-state index in [0.717, 1.165) is 13.2 Å². The Kier molecular flexibility index (Phi) is 113.